The van der Waals surface area contributed by atoms with Crippen molar-refractivity contribution in [2.75, 3.05) is 6.54 Å². The number of aliphatic carboxylic acids is 1. The second-order valence-electron chi connectivity index (χ2n) is 3.12. The Morgan fingerprint density at radius 3 is 2.36 bits per heavy atom. The fourth-order valence-electron chi connectivity index (χ4n) is 1.29. The maximum atomic E-state index is 10.5. The Balaban J connectivity index is 2.78. The van der Waals surface area contributed by atoms with E-state index < -0.39 is 5.97 Å². The summed E-state index contributed by atoms with van der Waals surface area (Å²) in [5.74, 6) is -0.888. The van der Waals surface area contributed by atoms with Crippen LogP contribution < -0.4 is 5.73 Å². The number of carboxylic acids is 1. The molecule has 0 saturated heterocycles. The summed E-state index contributed by atoms with van der Waals surface area (Å²) in [6.07, 6.45) is 0.0152. The molecule has 0 aliphatic carbocycles. The summed E-state index contributed by atoms with van der Waals surface area (Å²) in [6.45, 7) is 0.289. The lowest BCUT2D eigenvalue weighted by atomic mass is 9.96. The Kier molecular flexibility index (Phi) is 3.48. The first kappa shape index (κ1) is 10.5. The summed E-state index contributed by atoms with van der Waals surface area (Å²) in [7, 11) is 0. The van der Waals surface area contributed by atoms with Gasteiger partial charge in [-0.3, -0.25) is 4.79 Å². The van der Waals surface area contributed by atoms with Gasteiger partial charge in [-0.25, -0.2) is 0 Å². The first-order valence-electron chi connectivity index (χ1n) is 4.34. The van der Waals surface area contributed by atoms with Crippen LogP contribution in [-0.4, -0.2) is 22.7 Å². The van der Waals surface area contributed by atoms with E-state index in [2.05, 4.69) is 0 Å². The summed E-state index contributed by atoms with van der Waals surface area (Å²) in [6, 6.07) is 6.44. The molecule has 1 aromatic rings. The molecule has 0 aliphatic rings. The van der Waals surface area contributed by atoms with Crippen LogP contribution in [0.4, 0.5) is 0 Å². The van der Waals surface area contributed by atoms with Gasteiger partial charge in [-0.2, -0.15) is 0 Å². The van der Waals surface area contributed by atoms with Crippen LogP contribution in [0.3, 0.4) is 0 Å². The Bertz CT molecular complexity index is 308. The van der Waals surface area contributed by atoms with Gasteiger partial charge < -0.3 is 15.9 Å². The van der Waals surface area contributed by atoms with Crippen LogP contribution in [0, 0.1) is 0 Å². The van der Waals surface area contributed by atoms with Gasteiger partial charge >= 0.3 is 5.97 Å². The minimum absolute atomic E-state index is 0.0152. The topological polar surface area (TPSA) is 83.6 Å². The van der Waals surface area contributed by atoms with Crippen LogP contribution in [0.2, 0.25) is 0 Å². The number of phenolic OH excluding ortho intramolecular Hbond substituents is 1. The lowest BCUT2D eigenvalue weighted by Gasteiger charge is -2.12. The zero-order valence-corrected chi connectivity index (χ0v) is 7.68. The molecule has 1 unspecified atom stereocenters. The average Bonchev–Trinajstić information content (AvgIpc) is 2.15. The second kappa shape index (κ2) is 4.62. The molecule has 0 amide bonds. The van der Waals surface area contributed by atoms with E-state index in [4.69, 9.17) is 15.9 Å². The third-order valence-corrected chi connectivity index (χ3v) is 2.07. The summed E-state index contributed by atoms with van der Waals surface area (Å²) < 4.78 is 0. The number of carboxylic acid groups (broad SMARTS) is 1. The lowest BCUT2D eigenvalue weighted by molar-refractivity contribution is -0.137. The molecule has 1 atom stereocenters. The molecule has 4 heteroatoms. The molecule has 0 heterocycles. The zero-order chi connectivity index (χ0) is 10.6. The standard InChI is InChI=1S/C10H13NO3/c11-6-8(5-10(13)14)7-1-3-9(12)4-2-7/h1-4,8,12H,5-6,11H2,(H,13,14). The number of aromatic hydroxyl groups is 1. The number of carbonyl (C=O) groups is 1. The zero-order valence-electron chi connectivity index (χ0n) is 7.68. The molecule has 0 bridgehead atoms. The highest BCUT2D eigenvalue weighted by molar-refractivity contribution is 5.68. The van der Waals surface area contributed by atoms with Crippen molar-refractivity contribution in [1.82, 2.24) is 0 Å². The second-order valence-corrected chi connectivity index (χ2v) is 3.12. The smallest absolute Gasteiger partial charge is 0.304 e. The van der Waals surface area contributed by atoms with E-state index in [1.807, 2.05) is 0 Å². The Morgan fingerprint density at radius 1 is 1.36 bits per heavy atom. The number of hydrogen-bond donors (Lipinski definition) is 3. The Hall–Kier alpha value is -1.55. The molecule has 4 N–H and O–H groups in total. The molecule has 0 spiro atoms. The molecule has 76 valence electrons. The van der Waals surface area contributed by atoms with Gasteiger partial charge in [-0.15, -0.1) is 0 Å². The minimum atomic E-state index is -0.867. The maximum Gasteiger partial charge on any atom is 0.304 e. The van der Waals surface area contributed by atoms with E-state index in [-0.39, 0.29) is 24.6 Å². The van der Waals surface area contributed by atoms with Crippen molar-refractivity contribution in [3.63, 3.8) is 0 Å². The third-order valence-electron chi connectivity index (χ3n) is 2.07. The number of nitrogens with two attached hydrogens (primary N) is 1. The van der Waals surface area contributed by atoms with Gasteiger partial charge in [-0.05, 0) is 24.2 Å². The molecule has 0 aromatic heterocycles. The van der Waals surface area contributed by atoms with Crippen LogP contribution in [0.5, 0.6) is 5.75 Å². The van der Waals surface area contributed by atoms with Crippen molar-refractivity contribution in [3.05, 3.63) is 29.8 Å². The van der Waals surface area contributed by atoms with E-state index in [0.29, 0.717) is 0 Å². The first-order valence-corrected chi connectivity index (χ1v) is 4.34. The van der Waals surface area contributed by atoms with Crippen molar-refractivity contribution in [3.8, 4) is 5.75 Å². The van der Waals surface area contributed by atoms with Crippen molar-refractivity contribution in [1.29, 1.82) is 0 Å². The molecule has 1 aromatic carbocycles. The fraction of sp³-hybridized carbons (Fsp3) is 0.300. The number of rotatable bonds is 4. The quantitative estimate of drug-likeness (QED) is 0.666. The van der Waals surface area contributed by atoms with Crippen LogP contribution in [0.1, 0.15) is 17.9 Å². The van der Waals surface area contributed by atoms with Gasteiger partial charge in [0.05, 0.1) is 6.42 Å². The molecule has 0 fully saturated rings. The molecule has 1 rings (SSSR count). The molecule has 4 nitrogen and oxygen atoms in total. The summed E-state index contributed by atoms with van der Waals surface area (Å²) in [5.41, 5.74) is 6.31. The van der Waals surface area contributed by atoms with Gasteiger partial charge in [0.1, 0.15) is 5.75 Å². The minimum Gasteiger partial charge on any atom is -0.508 e. The van der Waals surface area contributed by atoms with Crippen LogP contribution in [-0.2, 0) is 4.79 Å². The van der Waals surface area contributed by atoms with E-state index >= 15 is 0 Å². The molecule has 0 aliphatic heterocycles. The monoisotopic (exact) mass is 195 g/mol. The highest BCUT2D eigenvalue weighted by Gasteiger charge is 2.13. The largest absolute Gasteiger partial charge is 0.508 e. The van der Waals surface area contributed by atoms with Crippen molar-refractivity contribution in [2.24, 2.45) is 5.73 Å². The Morgan fingerprint density at radius 2 is 1.93 bits per heavy atom. The number of hydrogen-bond acceptors (Lipinski definition) is 3. The fourth-order valence-corrected chi connectivity index (χ4v) is 1.29. The average molecular weight is 195 g/mol. The highest BCUT2D eigenvalue weighted by atomic mass is 16.4. The number of benzene rings is 1. The van der Waals surface area contributed by atoms with Crippen molar-refractivity contribution >= 4 is 5.97 Å². The van der Waals surface area contributed by atoms with Crippen LogP contribution in [0.15, 0.2) is 24.3 Å². The molecular weight excluding hydrogens is 182 g/mol. The molecule has 0 saturated carbocycles. The number of phenols is 1. The maximum absolute atomic E-state index is 10.5. The van der Waals surface area contributed by atoms with Crippen molar-refractivity contribution < 1.29 is 15.0 Å². The summed E-state index contributed by atoms with van der Waals surface area (Å²) in [4.78, 5) is 10.5. The van der Waals surface area contributed by atoms with E-state index in [1.54, 1.807) is 12.1 Å². The Labute approximate surface area is 82.0 Å². The predicted octanol–water partition coefficient (Wildman–Crippen LogP) is 0.909. The van der Waals surface area contributed by atoms with Gasteiger partial charge in [0.2, 0.25) is 0 Å². The third kappa shape index (κ3) is 2.74. The van der Waals surface area contributed by atoms with Gasteiger partial charge in [-0.1, -0.05) is 12.1 Å². The van der Waals surface area contributed by atoms with Gasteiger partial charge in [0.25, 0.3) is 0 Å². The first-order chi connectivity index (χ1) is 6.63. The molecular formula is C10H13NO3. The predicted molar refractivity (Wildman–Crippen MR) is 52.2 cm³/mol. The van der Waals surface area contributed by atoms with Crippen LogP contribution in [0.25, 0.3) is 0 Å². The van der Waals surface area contributed by atoms with Crippen LogP contribution >= 0.6 is 0 Å². The lowest BCUT2D eigenvalue weighted by Crippen LogP contribution is -2.16. The highest BCUT2D eigenvalue weighted by Crippen LogP contribution is 2.20. The van der Waals surface area contributed by atoms with Crippen molar-refractivity contribution in [2.45, 2.75) is 12.3 Å². The van der Waals surface area contributed by atoms with E-state index in [9.17, 15) is 4.79 Å². The summed E-state index contributed by atoms with van der Waals surface area (Å²) >= 11 is 0. The van der Waals surface area contributed by atoms with Gasteiger partial charge in [0.15, 0.2) is 0 Å². The molecule has 0 radical (unpaired) electrons. The summed E-state index contributed by atoms with van der Waals surface area (Å²) in [5, 5.41) is 17.7. The normalized spacial score (nSPS) is 12.4. The van der Waals surface area contributed by atoms with Gasteiger partial charge in [0, 0.05) is 5.92 Å². The van der Waals surface area contributed by atoms with E-state index in [0.717, 1.165) is 5.56 Å². The van der Waals surface area contributed by atoms with E-state index in [1.165, 1.54) is 12.1 Å². The SMILES string of the molecule is NCC(CC(=O)O)c1ccc(O)cc1. The molecule has 14 heavy (non-hydrogen) atoms.